The molecule has 0 unspecified atom stereocenters. The number of aliphatic carboxylic acids is 1. The van der Waals surface area contributed by atoms with Crippen LogP contribution in [-0.2, 0) is 11.2 Å². The second kappa shape index (κ2) is 7.85. The molecule has 3 heteroatoms. The van der Waals surface area contributed by atoms with E-state index in [0.717, 1.165) is 12.0 Å². The van der Waals surface area contributed by atoms with Gasteiger partial charge in [-0.2, -0.15) is 0 Å². The van der Waals surface area contributed by atoms with Crippen molar-refractivity contribution >= 4 is 5.97 Å². The van der Waals surface area contributed by atoms with Crippen LogP contribution in [0.15, 0.2) is 30.3 Å². The summed E-state index contributed by atoms with van der Waals surface area (Å²) < 4.78 is 0. The van der Waals surface area contributed by atoms with Crippen LogP contribution in [0.5, 0.6) is 0 Å². The molecule has 0 saturated carbocycles. The number of rotatable bonds is 4. The number of benzene rings is 1. The van der Waals surface area contributed by atoms with E-state index in [0.29, 0.717) is 0 Å². The molecular weight excluding hydrogens is 214 g/mol. The Kier molecular flexibility index (Phi) is 7.22. The lowest BCUT2D eigenvalue weighted by atomic mass is 10.0. The average Bonchev–Trinajstić information content (AvgIpc) is 2.17. The van der Waals surface area contributed by atoms with E-state index in [1.165, 1.54) is 6.42 Å². The quantitative estimate of drug-likeness (QED) is 0.846. The smallest absolute Gasteiger partial charge is 0.307 e. The van der Waals surface area contributed by atoms with Crippen LogP contribution >= 0.6 is 0 Å². The molecule has 0 heterocycles. The molecule has 17 heavy (non-hydrogen) atoms. The number of carboxylic acids is 1. The summed E-state index contributed by atoms with van der Waals surface area (Å²) in [7, 11) is 0. The second-order valence-electron chi connectivity index (χ2n) is 4.79. The van der Waals surface area contributed by atoms with Crippen LogP contribution in [0.25, 0.3) is 0 Å². The van der Waals surface area contributed by atoms with E-state index < -0.39 is 5.97 Å². The summed E-state index contributed by atoms with van der Waals surface area (Å²) in [5.74, 6) is -0.786. The lowest BCUT2D eigenvalue weighted by Crippen LogP contribution is -2.31. The molecule has 0 aliphatic heterocycles. The fourth-order valence-corrected chi connectivity index (χ4v) is 1.41. The maximum Gasteiger partial charge on any atom is 0.307 e. The number of nitrogens with two attached hydrogens (primary N) is 1. The highest BCUT2D eigenvalue weighted by Crippen LogP contribution is 2.04. The molecule has 3 nitrogen and oxygen atoms in total. The average molecular weight is 237 g/mol. The van der Waals surface area contributed by atoms with Gasteiger partial charge < -0.3 is 10.8 Å². The Bertz CT molecular complexity index is 315. The third-order valence-corrected chi connectivity index (χ3v) is 2.09. The Balaban J connectivity index is 0.000000325. The van der Waals surface area contributed by atoms with Gasteiger partial charge in [0.1, 0.15) is 0 Å². The van der Waals surface area contributed by atoms with Gasteiger partial charge in [0.15, 0.2) is 0 Å². The zero-order chi connectivity index (χ0) is 13.3. The Morgan fingerprint density at radius 2 is 1.82 bits per heavy atom. The van der Waals surface area contributed by atoms with E-state index in [-0.39, 0.29) is 12.0 Å². The number of hydrogen-bond donors (Lipinski definition) is 2. The van der Waals surface area contributed by atoms with Gasteiger partial charge in [0, 0.05) is 5.54 Å². The van der Waals surface area contributed by atoms with Gasteiger partial charge in [0.2, 0.25) is 0 Å². The van der Waals surface area contributed by atoms with Crippen molar-refractivity contribution in [1.82, 2.24) is 0 Å². The number of carboxylic acid groups (broad SMARTS) is 1. The van der Waals surface area contributed by atoms with E-state index >= 15 is 0 Å². The van der Waals surface area contributed by atoms with Gasteiger partial charge in [-0.15, -0.1) is 0 Å². The normalized spacial score (nSPS) is 10.4. The lowest BCUT2D eigenvalue weighted by molar-refractivity contribution is -0.136. The van der Waals surface area contributed by atoms with Crippen LogP contribution in [0.2, 0.25) is 0 Å². The predicted molar refractivity (Wildman–Crippen MR) is 71.0 cm³/mol. The van der Waals surface area contributed by atoms with Crippen LogP contribution in [0.3, 0.4) is 0 Å². The molecule has 96 valence electrons. The largest absolute Gasteiger partial charge is 0.481 e. The molecular formula is C14H23NO2. The molecule has 0 fully saturated rings. The van der Waals surface area contributed by atoms with Crippen LogP contribution in [0.4, 0.5) is 0 Å². The number of carbonyl (C=O) groups is 1. The maximum absolute atomic E-state index is 10.2. The first-order valence-electron chi connectivity index (χ1n) is 5.89. The molecule has 0 aliphatic carbocycles. The number of hydrogen-bond acceptors (Lipinski definition) is 2. The van der Waals surface area contributed by atoms with E-state index in [1.54, 1.807) is 12.1 Å². The Labute approximate surface area is 104 Å². The molecule has 1 rings (SSSR count). The molecule has 1 aromatic carbocycles. The van der Waals surface area contributed by atoms with E-state index in [1.807, 2.05) is 18.2 Å². The highest BCUT2D eigenvalue weighted by molar-refractivity contribution is 5.70. The van der Waals surface area contributed by atoms with E-state index in [2.05, 4.69) is 20.8 Å². The van der Waals surface area contributed by atoms with Crippen molar-refractivity contribution in [3.05, 3.63) is 35.9 Å². The van der Waals surface area contributed by atoms with Crippen molar-refractivity contribution in [2.45, 2.75) is 45.6 Å². The minimum atomic E-state index is -0.786. The highest BCUT2D eigenvalue weighted by Gasteiger charge is 2.06. The van der Waals surface area contributed by atoms with Crippen molar-refractivity contribution < 1.29 is 9.90 Å². The summed E-state index contributed by atoms with van der Waals surface area (Å²) in [5.41, 5.74) is 6.54. The van der Waals surface area contributed by atoms with E-state index in [4.69, 9.17) is 10.8 Å². The summed E-state index contributed by atoms with van der Waals surface area (Å²) in [6.07, 6.45) is 2.41. The first kappa shape index (κ1) is 15.7. The summed E-state index contributed by atoms with van der Waals surface area (Å²) in [6, 6.07) is 9.13. The SMILES string of the molecule is CCCC(C)(C)N.O=C(O)Cc1ccccc1. The van der Waals surface area contributed by atoms with Crippen molar-refractivity contribution in [1.29, 1.82) is 0 Å². The minimum Gasteiger partial charge on any atom is -0.481 e. The standard InChI is InChI=1S/C8H8O2.C6H15N/c9-8(10)6-7-4-2-1-3-5-7;1-4-5-6(2,3)7/h1-5H,6H2,(H,9,10);4-5,7H2,1-3H3. The molecule has 0 bridgehead atoms. The van der Waals surface area contributed by atoms with Gasteiger partial charge in [-0.3, -0.25) is 4.79 Å². The Hall–Kier alpha value is -1.35. The van der Waals surface area contributed by atoms with Crippen LogP contribution in [0.1, 0.15) is 39.2 Å². The molecule has 0 saturated heterocycles. The van der Waals surface area contributed by atoms with Gasteiger partial charge in [-0.1, -0.05) is 43.7 Å². The zero-order valence-electron chi connectivity index (χ0n) is 10.9. The molecule has 0 aliphatic rings. The fourth-order valence-electron chi connectivity index (χ4n) is 1.41. The van der Waals surface area contributed by atoms with Gasteiger partial charge >= 0.3 is 5.97 Å². The van der Waals surface area contributed by atoms with Gasteiger partial charge in [0.05, 0.1) is 6.42 Å². The zero-order valence-corrected chi connectivity index (χ0v) is 10.9. The first-order chi connectivity index (χ1) is 7.85. The monoisotopic (exact) mass is 237 g/mol. The van der Waals surface area contributed by atoms with Crippen molar-refractivity contribution in [2.75, 3.05) is 0 Å². The van der Waals surface area contributed by atoms with Crippen LogP contribution in [-0.4, -0.2) is 16.6 Å². The van der Waals surface area contributed by atoms with Crippen LogP contribution in [0, 0.1) is 0 Å². The first-order valence-corrected chi connectivity index (χ1v) is 5.89. The minimum absolute atomic E-state index is 0.0503. The molecule has 0 atom stereocenters. The van der Waals surface area contributed by atoms with Crippen LogP contribution < -0.4 is 5.73 Å². The Morgan fingerprint density at radius 1 is 1.29 bits per heavy atom. The maximum atomic E-state index is 10.2. The van der Waals surface area contributed by atoms with E-state index in [9.17, 15) is 4.79 Å². The van der Waals surface area contributed by atoms with Crippen molar-refractivity contribution in [2.24, 2.45) is 5.73 Å². The topological polar surface area (TPSA) is 63.3 Å². The molecule has 3 N–H and O–H groups in total. The third kappa shape index (κ3) is 10.9. The second-order valence-corrected chi connectivity index (χ2v) is 4.79. The molecule has 1 aromatic rings. The molecule has 0 spiro atoms. The van der Waals surface area contributed by atoms with Crippen molar-refractivity contribution in [3.8, 4) is 0 Å². The summed E-state index contributed by atoms with van der Waals surface area (Å²) in [4.78, 5) is 10.2. The van der Waals surface area contributed by atoms with Crippen molar-refractivity contribution in [3.63, 3.8) is 0 Å². The molecule has 0 radical (unpaired) electrons. The van der Waals surface area contributed by atoms with Gasteiger partial charge in [0.25, 0.3) is 0 Å². The summed E-state index contributed by atoms with van der Waals surface area (Å²) in [5, 5.41) is 8.37. The summed E-state index contributed by atoms with van der Waals surface area (Å²) in [6.45, 7) is 6.25. The highest BCUT2D eigenvalue weighted by atomic mass is 16.4. The third-order valence-electron chi connectivity index (χ3n) is 2.09. The Morgan fingerprint density at radius 3 is 2.12 bits per heavy atom. The summed E-state index contributed by atoms with van der Waals surface area (Å²) >= 11 is 0. The fraction of sp³-hybridized carbons (Fsp3) is 0.500. The van der Waals surface area contributed by atoms with Gasteiger partial charge in [-0.25, -0.2) is 0 Å². The molecule has 0 aromatic heterocycles. The molecule has 0 amide bonds. The van der Waals surface area contributed by atoms with Gasteiger partial charge in [-0.05, 0) is 25.8 Å². The predicted octanol–water partition coefficient (Wildman–Crippen LogP) is 2.84. The lowest BCUT2D eigenvalue weighted by Gasteiger charge is -2.15.